The third-order valence-corrected chi connectivity index (χ3v) is 6.35. The number of hydrogen-bond acceptors (Lipinski definition) is 3. The van der Waals surface area contributed by atoms with Crippen molar-refractivity contribution in [1.29, 1.82) is 0 Å². The Balaban J connectivity index is 1.40. The van der Waals surface area contributed by atoms with Gasteiger partial charge in [-0.15, -0.1) is 0 Å². The lowest BCUT2D eigenvalue weighted by atomic mass is 9.82. The summed E-state index contributed by atoms with van der Waals surface area (Å²) in [6.07, 6.45) is 3.19. The Morgan fingerprint density at radius 1 is 0.793 bits per heavy atom. The molecule has 0 unspecified atom stereocenters. The van der Waals surface area contributed by atoms with E-state index < -0.39 is 5.54 Å². The number of rotatable bonds is 6. The van der Waals surface area contributed by atoms with Gasteiger partial charge in [0, 0.05) is 26.2 Å². The van der Waals surface area contributed by atoms with Crippen LogP contribution in [0.1, 0.15) is 24.0 Å². The van der Waals surface area contributed by atoms with Crippen molar-refractivity contribution in [2.24, 2.45) is 0 Å². The molecule has 152 valence electrons. The molecule has 0 bridgehead atoms. The molecule has 0 atom stereocenters. The molecule has 5 nitrogen and oxygen atoms in total. The van der Waals surface area contributed by atoms with Crippen LogP contribution in [-0.4, -0.2) is 59.9 Å². The quantitative estimate of drug-likeness (QED) is 0.822. The van der Waals surface area contributed by atoms with Crippen LogP contribution in [0, 0.1) is 0 Å². The molecule has 5 heteroatoms. The summed E-state index contributed by atoms with van der Waals surface area (Å²) in [6, 6.07) is 20.7. The minimum Gasteiger partial charge on any atom is -0.345 e. The fraction of sp³-hybridized carbons (Fsp3) is 0.417. The van der Waals surface area contributed by atoms with E-state index in [1.165, 1.54) is 11.1 Å². The number of piperazine rings is 1. The van der Waals surface area contributed by atoms with Crippen molar-refractivity contribution in [1.82, 2.24) is 15.1 Å². The summed E-state index contributed by atoms with van der Waals surface area (Å²) in [5.74, 6) is 0.0612. The van der Waals surface area contributed by atoms with Crippen LogP contribution in [0.5, 0.6) is 0 Å². The topological polar surface area (TPSA) is 52.7 Å². The predicted molar refractivity (Wildman–Crippen MR) is 113 cm³/mol. The molecule has 1 N–H and O–H groups in total. The first kappa shape index (κ1) is 19.6. The molecule has 2 saturated heterocycles. The number of amides is 2. The number of benzene rings is 2. The van der Waals surface area contributed by atoms with Gasteiger partial charge in [0.1, 0.15) is 5.54 Å². The number of piperidine rings is 1. The van der Waals surface area contributed by atoms with E-state index in [0.717, 1.165) is 32.5 Å². The van der Waals surface area contributed by atoms with E-state index in [1.807, 2.05) is 29.2 Å². The molecule has 2 aromatic carbocycles. The van der Waals surface area contributed by atoms with Crippen LogP contribution in [0.2, 0.25) is 0 Å². The second kappa shape index (κ2) is 8.78. The second-order valence-electron chi connectivity index (χ2n) is 8.07. The summed E-state index contributed by atoms with van der Waals surface area (Å²) >= 11 is 0. The first-order valence-electron chi connectivity index (χ1n) is 10.6. The lowest BCUT2D eigenvalue weighted by Crippen LogP contribution is -2.70. The first-order chi connectivity index (χ1) is 14.2. The van der Waals surface area contributed by atoms with Crippen LogP contribution in [0.25, 0.3) is 0 Å². The minimum atomic E-state index is -0.687. The van der Waals surface area contributed by atoms with Gasteiger partial charge in [-0.1, -0.05) is 60.7 Å². The highest BCUT2D eigenvalue weighted by molar-refractivity contribution is 5.98. The number of nitrogens with zero attached hydrogens (tertiary/aromatic N) is 2. The molecule has 2 aromatic rings. The Bertz CT molecular complexity index is 830. The van der Waals surface area contributed by atoms with E-state index in [0.29, 0.717) is 19.4 Å². The van der Waals surface area contributed by atoms with Gasteiger partial charge in [0.05, 0.1) is 6.54 Å². The maximum Gasteiger partial charge on any atom is 0.246 e. The zero-order valence-electron chi connectivity index (χ0n) is 16.8. The minimum absolute atomic E-state index is 0.0212. The Morgan fingerprint density at radius 3 is 1.93 bits per heavy atom. The highest BCUT2D eigenvalue weighted by Gasteiger charge is 2.50. The van der Waals surface area contributed by atoms with E-state index in [-0.39, 0.29) is 18.4 Å². The Hall–Kier alpha value is -2.66. The zero-order valence-corrected chi connectivity index (χ0v) is 16.8. The normalized spacial score (nSPS) is 19.4. The van der Waals surface area contributed by atoms with Crippen molar-refractivity contribution < 1.29 is 9.59 Å². The largest absolute Gasteiger partial charge is 0.345 e. The van der Waals surface area contributed by atoms with Gasteiger partial charge < -0.3 is 15.1 Å². The Kier molecular flexibility index (Phi) is 5.95. The number of carbonyl (C=O) groups is 2. The molecule has 0 saturated carbocycles. The molecule has 2 aliphatic heterocycles. The summed E-state index contributed by atoms with van der Waals surface area (Å²) in [5, 5.41) is 2.84. The van der Waals surface area contributed by atoms with E-state index in [2.05, 4.69) is 46.6 Å². The molecule has 2 fully saturated rings. The van der Waals surface area contributed by atoms with Gasteiger partial charge >= 0.3 is 0 Å². The van der Waals surface area contributed by atoms with Gasteiger partial charge in [-0.3, -0.25) is 9.59 Å². The first-order valence-corrected chi connectivity index (χ1v) is 10.6. The van der Waals surface area contributed by atoms with Crippen LogP contribution in [0.3, 0.4) is 0 Å². The van der Waals surface area contributed by atoms with Crippen molar-refractivity contribution in [3.8, 4) is 0 Å². The van der Waals surface area contributed by atoms with Gasteiger partial charge in [0.2, 0.25) is 11.8 Å². The highest BCUT2D eigenvalue weighted by Crippen LogP contribution is 2.32. The van der Waals surface area contributed by atoms with Gasteiger partial charge in [-0.25, -0.2) is 0 Å². The summed E-state index contributed by atoms with van der Waals surface area (Å²) in [6.45, 7) is 3.39. The van der Waals surface area contributed by atoms with Crippen LogP contribution in [0.15, 0.2) is 60.7 Å². The zero-order chi connectivity index (χ0) is 20.1. The van der Waals surface area contributed by atoms with Crippen LogP contribution >= 0.6 is 0 Å². The second-order valence-corrected chi connectivity index (χ2v) is 8.07. The average Bonchev–Trinajstić information content (AvgIpc) is 2.77. The van der Waals surface area contributed by atoms with Crippen LogP contribution in [0.4, 0.5) is 0 Å². The van der Waals surface area contributed by atoms with E-state index in [1.54, 1.807) is 0 Å². The van der Waals surface area contributed by atoms with Crippen molar-refractivity contribution in [3.05, 3.63) is 71.8 Å². The number of hydrogen-bond donors (Lipinski definition) is 1. The molecular weight excluding hydrogens is 362 g/mol. The van der Waals surface area contributed by atoms with Crippen LogP contribution in [-0.2, 0) is 22.4 Å². The van der Waals surface area contributed by atoms with Crippen LogP contribution < -0.4 is 5.32 Å². The van der Waals surface area contributed by atoms with Crippen molar-refractivity contribution in [2.75, 3.05) is 32.7 Å². The molecule has 0 radical (unpaired) electrons. The fourth-order valence-electron chi connectivity index (χ4n) is 4.58. The van der Waals surface area contributed by atoms with E-state index >= 15 is 0 Å². The fourth-order valence-corrected chi connectivity index (χ4v) is 4.58. The van der Waals surface area contributed by atoms with Crippen molar-refractivity contribution in [3.63, 3.8) is 0 Å². The summed E-state index contributed by atoms with van der Waals surface area (Å²) in [4.78, 5) is 29.9. The Morgan fingerprint density at radius 2 is 1.34 bits per heavy atom. The molecule has 1 spiro atoms. The summed E-state index contributed by atoms with van der Waals surface area (Å²) in [7, 11) is 0. The van der Waals surface area contributed by atoms with Gasteiger partial charge in [0.25, 0.3) is 0 Å². The van der Waals surface area contributed by atoms with Crippen molar-refractivity contribution >= 4 is 11.8 Å². The maximum atomic E-state index is 12.9. The van der Waals surface area contributed by atoms with E-state index in [9.17, 15) is 9.59 Å². The summed E-state index contributed by atoms with van der Waals surface area (Å²) in [5.41, 5.74) is 1.84. The van der Waals surface area contributed by atoms with Crippen molar-refractivity contribution in [2.45, 2.75) is 31.2 Å². The standard InChI is InChI=1S/C24H29N3O2/c28-22-19-25-23(29)24(27(22)16-12-21-9-5-2-6-10-21)13-17-26(18-14-24)15-11-20-7-3-1-4-8-20/h1-10H,11-19H2,(H,25,29). The monoisotopic (exact) mass is 391 g/mol. The molecule has 29 heavy (non-hydrogen) atoms. The number of carbonyl (C=O) groups excluding carboxylic acids is 2. The van der Waals surface area contributed by atoms with E-state index in [4.69, 9.17) is 0 Å². The summed E-state index contributed by atoms with van der Waals surface area (Å²) < 4.78 is 0. The Labute approximate surface area is 172 Å². The number of likely N-dealkylation sites (tertiary alicyclic amines) is 1. The molecule has 0 aliphatic carbocycles. The SMILES string of the molecule is O=C1CNC(=O)C2(CCN(CCc3ccccc3)CC2)N1CCc1ccccc1. The molecule has 2 aliphatic rings. The predicted octanol–water partition coefficient (Wildman–Crippen LogP) is 2.26. The molecule has 2 heterocycles. The molecular formula is C24H29N3O2. The molecule has 0 aromatic heterocycles. The molecule has 2 amide bonds. The van der Waals surface area contributed by atoms with Gasteiger partial charge in [-0.05, 0) is 36.8 Å². The smallest absolute Gasteiger partial charge is 0.246 e. The average molecular weight is 392 g/mol. The third-order valence-electron chi connectivity index (χ3n) is 6.35. The number of nitrogens with one attached hydrogen (secondary N) is 1. The lowest BCUT2D eigenvalue weighted by molar-refractivity contribution is -0.157. The molecule has 4 rings (SSSR count). The highest BCUT2D eigenvalue weighted by atomic mass is 16.2. The van der Waals surface area contributed by atoms with Gasteiger partial charge in [0.15, 0.2) is 0 Å². The lowest BCUT2D eigenvalue weighted by Gasteiger charge is -2.50. The maximum absolute atomic E-state index is 12.9. The van der Waals surface area contributed by atoms with Gasteiger partial charge in [-0.2, -0.15) is 0 Å². The third kappa shape index (κ3) is 4.35.